The van der Waals surface area contributed by atoms with E-state index in [0.29, 0.717) is 41.4 Å². The lowest BCUT2D eigenvalue weighted by molar-refractivity contribution is -0.116. The zero-order valence-corrected chi connectivity index (χ0v) is 16.4. The summed E-state index contributed by atoms with van der Waals surface area (Å²) in [7, 11) is 0. The normalized spacial score (nSPS) is 10.2. The van der Waals surface area contributed by atoms with Crippen LogP contribution in [0.15, 0.2) is 48.5 Å². The molecule has 0 radical (unpaired) electrons. The van der Waals surface area contributed by atoms with Crippen LogP contribution in [-0.4, -0.2) is 30.9 Å². The van der Waals surface area contributed by atoms with Gasteiger partial charge in [0.15, 0.2) is 0 Å². The van der Waals surface area contributed by atoms with Gasteiger partial charge >= 0.3 is 5.97 Å². The minimum absolute atomic E-state index is 0.165. The van der Waals surface area contributed by atoms with Crippen LogP contribution in [-0.2, 0) is 9.53 Å². The highest BCUT2D eigenvalue weighted by Crippen LogP contribution is 2.12. The first-order valence-corrected chi connectivity index (χ1v) is 9.48. The van der Waals surface area contributed by atoms with E-state index in [1.807, 2.05) is 6.92 Å². The third-order valence-electron chi connectivity index (χ3n) is 3.81. The number of anilines is 1. The number of carbonyl (C=O) groups excluding carboxylic acids is 3. The monoisotopic (exact) mass is 402 g/mol. The SMILES string of the molecule is CCCOC(=O)c1ccc(NC(=O)CCCNC(=O)c2ccc(Cl)cc2)cc1. The molecular formula is C21H23ClN2O4. The maximum absolute atomic E-state index is 12.0. The predicted octanol–water partition coefficient (Wildman–Crippen LogP) is 4.06. The Bertz CT molecular complexity index is 804. The molecule has 148 valence electrons. The molecule has 0 saturated carbocycles. The lowest BCUT2D eigenvalue weighted by atomic mass is 10.2. The molecule has 0 heterocycles. The number of ether oxygens (including phenoxy) is 1. The highest BCUT2D eigenvalue weighted by atomic mass is 35.5. The first-order chi connectivity index (χ1) is 13.5. The number of carbonyl (C=O) groups is 3. The molecule has 0 aliphatic carbocycles. The van der Waals surface area contributed by atoms with Crippen LogP contribution in [0.3, 0.4) is 0 Å². The third kappa shape index (κ3) is 7.04. The van der Waals surface area contributed by atoms with E-state index in [1.54, 1.807) is 48.5 Å². The molecule has 7 heteroatoms. The third-order valence-corrected chi connectivity index (χ3v) is 4.07. The number of nitrogens with one attached hydrogen (secondary N) is 2. The van der Waals surface area contributed by atoms with Crippen molar-refractivity contribution in [1.29, 1.82) is 0 Å². The molecule has 0 spiro atoms. The van der Waals surface area contributed by atoms with Crippen molar-refractivity contribution in [3.8, 4) is 0 Å². The van der Waals surface area contributed by atoms with Gasteiger partial charge in [-0.15, -0.1) is 0 Å². The van der Waals surface area contributed by atoms with Crippen molar-refractivity contribution in [1.82, 2.24) is 5.32 Å². The zero-order valence-electron chi connectivity index (χ0n) is 15.7. The molecule has 0 atom stereocenters. The Morgan fingerprint density at radius 1 is 0.964 bits per heavy atom. The standard InChI is InChI=1S/C21H23ClN2O4/c1-2-14-28-21(27)16-7-11-18(12-8-16)24-19(25)4-3-13-23-20(26)15-5-9-17(22)10-6-15/h5-12H,2-4,13-14H2,1H3,(H,23,26)(H,24,25). The van der Waals surface area contributed by atoms with Gasteiger partial charge in [0.2, 0.25) is 5.91 Å². The highest BCUT2D eigenvalue weighted by molar-refractivity contribution is 6.30. The maximum atomic E-state index is 12.0. The lowest BCUT2D eigenvalue weighted by Gasteiger charge is -2.08. The summed E-state index contributed by atoms with van der Waals surface area (Å²) in [5, 5.41) is 6.09. The van der Waals surface area contributed by atoms with E-state index in [-0.39, 0.29) is 24.2 Å². The molecule has 6 nitrogen and oxygen atoms in total. The van der Waals surface area contributed by atoms with Crippen molar-refractivity contribution in [2.24, 2.45) is 0 Å². The molecule has 0 unspecified atom stereocenters. The number of hydrogen-bond donors (Lipinski definition) is 2. The summed E-state index contributed by atoms with van der Waals surface area (Å²) in [6.45, 7) is 2.69. The number of amides is 2. The number of halogens is 1. The second-order valence-corrected chi connectivity index (χ2v) is 6.56. The summed E-state index contributed by atoms with van der Waals surface area (Å²) in [6.07, 6.45) is 1.54. The van der Waals surface area contributed by atoms with Gasteiger partial charge in [0, 0.05) is 29.2 Å². The Morgan fingerprint density at radius 3 is 2.25 bits per heavy atom. The van der Waals surface area contributed by atoms with Gasteiger partial charge in [0.25, 0.3) is 5.91 Å². The van der Waals surface area contributed by atoms with E-state index in [0.717, 1.165) is 6.42 Å². The van der Waals surface area contributed by atoms with Gasteiger partial charge in [-0.05, 0) is 61.4 Å². The van der Waals surface area contributed by atoms with Gasteiger partial charge in [-0.25, -0.2) is 4.79 Å². The van der Waals surface area contributed by atoms with Gasteiger partial charge in [-0.1, -0.05) is 18.5 Å². The van der Waals surface area contributed by atoms with Crippen molar-refractivity contribution < 1.29 is 19.1 Å². The average molecular weight is 403 g/mol. The highest BCUT2D eigenvalue weighted by Gasteiger charge is 2.08. The topological polar surface area (TPSA) is 84.5 Å². The van der Waals surface area contributed by atoms with E-state index in [1.165, 1.54) is 0 Å². The summed E-state index contributed by atoms with van der Waals surface area (Å²) in [5.41, 5.74) is 1.56. The lowest BCUT2D eigenvalue weighted by Crippen LogP contribution is -2.25. The number of rotatable bonds is 9. The van der Waals surface area contributed by atoms with Gasteiger partial charge < -0.3 is 15.4 Å². The molecule has 0 aliphatic heterocycles. The fourth-order valence-electron chi connectivity index (χ4n) is 2.35. The van der Waals surface area contributed by atoms with E-state index in [2.05, 4.69) is 10.6 Å². The predicted molar refractivity (Wildman–Crippen MR) is 109 cm³/mol. The summed E-state index contributed by atoms with van der Waals surface area (Å²) >= 11 is 5.79. The van der Waals surface area contributed by atoms with Crippen molar-refractivity contribution in [3.63, 3.8) is 0 Å². The molecule has 0 aromatic heterocycles. The Balaban J connectivity index is 1.70. The molecular weight excluding hydrogens is 380 g/mol. The van der Waals surface area contributed by atoms with Crippen LogP contribution in [0.25, 0.3) is 0 Å². The summed E-state index contributed by atoms with van der Waals surface area (Å²) in [5.74, 6) is -0.749. The first kappa shape index (κ1) is 21.4. The van der Waals surface area contributed by atoms with E-state index in [9.17, 15) is 14.4 Å². The van der Waals surface area contributed by atoms with E-state index >= 15 is 0 Å². The molecule has 2 N–H and O–H groups in total. The average Bonchev–Trinajstić information content (AvgIpc) is 2.70. The van der Waals surface area contributed by atoms with Crippen molar-refractivity contribution >= 4 is 35.1 Å². The molecule has 0 aliphatic rings. The van der Waals surface area contributed by atoms with Gasteiger partial charge in [-0.3, -0.25) is 9.59 Å². The van der Waals surface area contributed by atoms with E-state index < -0.39 is 0 Å². The molecule has 0 bridgehead atoms. The second kappa shape index (κ2) is 11.1. The van der Waals surface area contributed by atoms with Gasteiger partial charge in [-0.2, -0.15) is 0 Å². The molecule has 2 aromatic carbocycles. The number of hydrogen-bond acceptors (Lipinski definition) is 4. The fraction of sp³-hybridized carbons (Fsp3) is 0.286. The van der Waals surface area contributed by atoms with Crippen LogP contribution >= 0.6 is 11.6 Å². The smallest absolute Gasteiger partial charge is 0.338 e. The molecule has 2 rings (SSSR count). The van der Waals surface area contributed by atoms with Crippen LogP contribution < -0.4 is 10.6 Å². The number of benzene rings is 2. The minimum Gasteiger partial charge on any atom is -0.462 e. The second-order valence-electron chi connectivity index (χ2n) is 6.13. The Hall–Kier alpha value is -2.86. The fourth-order valence-corrected chi connectivity index (χ4v) is 2.47. The van der Waals surface area contributed by atoms with Gasteiger partial charge in [0.05, 0.1) is 12.2 Å². The van der Waals surface area contributed by atoms with Crippen LogP contribution in [0.1, 0.15) is 46.9 Å². The molecule has 28 heavy (non-hydrogen) atoms. The summed E-state index contributed by atoms with van der Waals surface area (Å²) in [6, 6.07) is 13.1. The Kier molecular flexibility index (Phi) is 8.49. The maximum Gasteiger partial charge on any atom is 0.338 e. The minimum atomic E-state index is -0.379. The molecule has 2 amide bonds. The Labute approximate surface area is 169 Å². The zero-order chi connectivity index (χ0) is 20.4. The van der Waals surface area contributed by atoms with E-state index in [4.69, 9.17) is 16.3 Å². The Morgan fingerprint density at radius 2 is 1.61 bits per heavy atom. The van der Waals surface area contributed by atoms with Crippen molar-refractivity contribution in [2.75, 3.05) is 18.5 Å². The van der Waals surface area contributed by atoms with Crippen LogP contribution in [0.4, 0.5) is 5.69 Å². The summed E-state index contributed by atoms with van der Waals surface area (Å²) in [4.78, 5) is 35.7. The van der Waals surface area contributed by atoms with Crippen LogP contribution in [0.5, 0.6) is 0 Å². The van der Waals surface area contributed by atoms with Gasteiger partial charge in [0.1, 0.15) is 0 Å². The number of esters is 1. The van der Waals surface area contributed by atoms with Crippen LogP contribution in [0, 0.1) is 0 Å². The molecule has 2 aromatic rings. The van der Waals surface area contributed by atoms with Crippen molar-refractivity contribution in [2.45, 2.75) is 26.2 Å². The molecule has 0 saturated heterocycles. The quantitative estimate of drug-likeness (QED) is 0.489. The molecule has 0 fully saturated rings. The summed E-state index contributed by atoms with van der Waals surface area (Å²) < 4.78 is 5.05. The van der Waals surface area contributed by atoms with Crippen molar-refractivity contribution in [3.05, 3.63) is 64.7 Å². The largest absolute Gasteiger partial charge is 0.462 e. The van der Waals surface area contributed by atoms with Crippen LogP contribution in [0.2, 0.25) is 5.02 Å². The first-order valence-electron chi connectivity index (χ1n) is 9.10.